The SMILES string of the molecule is CCC[C@@](C)(O)C1(c2ccccc2)CN1. The first-order valence-electron chi connectivity index (χ1n) is 5.65. The molecule has 1 fully saturated rings. The van der Waals surface area contributed by atoms with Gasteiger partial charge in [0.1, 0.15) is 0 Å². The number of benzene rings is 1. The molecular weight excluding hydrogens is 186 g/mol. The number of hydrogen-bond donors (Lipinski definition) is 2. The Labute approximate surface area is 91.3 Å². The molecule has 2 nitrogen and oxygen atoms in total. The van der Waals surface area contributed by atoms with Crippen LogP contribution in [0.1, 0.15) is 32.3 Å². The molecule has 0 spiro atoms. The molecule has 0 saturated carbocycles. The van der Waals surface area contributed by atoms with Crippen LogP contribution in [0.25, 0.3) is 0 Å². The Balaban J connectivity index is 2.28. The molecular formula is C13H19NO. The zero-order valence-corrected chi connectivity index (χ0v) is 9.46. The molecule has 1 saturated heterocycles. The lowest BCUT2D eigenvalue weighted by molar-refractivity contribution is 0.00808. The summed E-state index contributed by atoms with van der Waals surface area (Å²) in [5.74, 6) is 0. The van der Waals surface area contributed by atoms with Crippen molar-refractivity contribution < 1.29 is 5.11 Å². The van der Waals surface area contributed by atoms with Gasteiger partial charge in [0, 0.05) is 6.54 Å². The lowest BCUT2D eigenvalue weighted by Gasteiger charge is -2.32. The van der Waals surface area contributed by atoms with Crippen LogP contribution in [0.2, 0.25) is 0 Å². The van der Waals surface area contributed by atoms with Crippen molar-refractivity contribution in [3.63, 3.8) is 0 Å². The highest BCUT2D eigenvalue weighted by atomic mass is 16.3. The summed E-state index contributed by atoms with van der Waals surface area (Å²) in [5, 5.41) is 13.8. The third kappa shape index (κ3) is 1.68. The Morgan fingerprint density at radius 1 is 1.40 bits per heavy atom. The minimum absolute atomic E-state index is 0.204. The highest BCUT2D eigenvalue weighted by molar-refractivity contribution is 5.35. The molecule has 1 aromatic carbocycles. The van der Waals surface area contributed by atoms with Gasteiger partial charge in [0.05, 0.1) is 11.1 Å². The first kappa shape index (κ1) is 10.7. The Hall–Kier alpha value is -0.860. The van der Waals surface area contributed by atoms with Gasteiger partial charge in [-0.3, -0.25) is 0 Å². The average Bonchev–Trinajstić information content (AvgIpc) is 3.00. The Bertz CT molecular complexity index is 328. The lowest BCUT2D eigenvalue weighted by atomic mass is 9.80. The molecule has 0 bridgehead atoms. The van der Waals surface area contributed by atoms with Crippen molar-refractivity contribution in [1.29, 1.82) is 0 Å². The summed E-state index contributed by atoms with van der Waals surface area (Å²) in [5.41, 5.74) is 0.344. The second-order valence-corrected chi connectivity index (χ2v) is 4.65. The Kier molecular flexibility index (Phi) is 2.57. The average molecular weight is 205 g/mol. The largest absolute Gasteiger partial charge is 0.388 e. The van der Waals surface area contributed by atoms with Gasteiger partial charge in [0.2, 0.25) is 0 Å². The highest BCUT2D eigenvalue weighted by Crippen LogP contribution is 2.43. The molecule has 1 aliphatic heterocycles. The minimum atomic E-state index is -0.650. The van der Waals surface area contributed by atoms with E-state index in [1.165, 1.54) is 5.56 Å². The first-order valence-corrected chi connectivity index (χ1v) is 5.65. The van der Waals surface area contributed by atoms with Gasteiger partial charge < -0.3 is 10.4 Å². The standard InChI is InChI=1S/C13H19NO/c1-3-9-12(2,15)13(10-14-13)11-7-5-4-6-8-11/h4-8,14-15H,3,9-10H2,1-2H3/t12-,13?/m1/s1. The summed E-state index contributed by atoms with van der Waals surface area (Å²) < 4.78 is 0. The quantitative estimate of drug-likeness (QED) is 0.739. The normalized spacial score (nSPS) is 28.5. The monoisotopic (exact) mass is 205 g/mol. The second kappa shape index (κ2) is 3.62. The Morgan fingerprint density at radius 3 is 2.47 bits per heavy atom. The Morgan fingerprint density at radius 2 is 2.00 bits per heavy atom. The second-order valence-electron chi connectivity index (χ2n) is 4.65. The summed E-state index contributed by atoms with van der Waals surface area (Å²) in [6.07, 6.45) is 1.83. The number of rotatable bonds is 4. The molecule has 15 heavy (non-hydrogen) atoms. The van der Waals surface area contributed by atoms with Gasteiger partial charge in [-0.25, -0.2) is 0 Å². The number of nitrogens with one attached hydrogen (secondary N) is 1. The van der Waals surface area contributed by atoms with Crippen LogP contribution in [0.5, 0.6) is 0 Å². The molecule has 2 heteroatoms. The van der Waals surface area contributed by atoms with E-state index in [0.717, 1.165) is 19.4 Å². The predicted molar refractivity (Wildman–Crippen MR) is 61.7 cm³/mol. The molecule has 2 atom stereocenters. The molecule has 1 aliphatic rings. The summed E-state index contributed by atoms with van der Waals surface area (Å²) >= 11 is 0. The van der Waals surface area contributed by atoms with Crippen molar-refractivity contribution in [2.75, 3.05) is 6.54 Å². The lowest BCUT2D eigenvalue weighted by Crippen LogP contribution is -2.42. The van der Waals surface area contributed by atoms with Crippen LogP contribution in [0.3, 0.4) is 0 Å². The number of aliphatic hydroxyl groups is 1. The van der Waals surface area contributed by atoms with Crippen LogP contribution >= 0.6 is 0 Å². The van der Waals surface area contributed by atoms with E-state index in [2.05, 4.69) is 24.4 Å². The maximum absolute atomic E-state index is 10.5. The van der Waals surface area contributed by atoms with Crippen molar-refractivity contribution in [2.45, 2.75) is 37.8 Å². The van der Waals surface area contributed by atoms with Crippen LogP contribution in [-0.4, -0.2) is 17.3 Å². The molecule has 0 amide bonds. The minimum Gasteiger partial charge on any atom is -0.388 e. The fourth-order valence-corrected chi connectivity index (χ4v) is 2.41. The predicted octanol–water partition coefficient (Wildman–Crippen LogP) is 2.04. The third-order valence-corrected chi connectivity index (χ3v) is 3.45. The van der Waals surface area contributed by atoms with Gasteiger partial charge in [-0.2, -0.15) is 0 Å². The van der Waals surface area contributed by atoms with Crippen molar-refractivity contribution in [2.24, 2.45) is 0 Å². The molecule has 2 N–H and O–H groups in total. The van der Waals surface area contributed by atoms with E-state index in [1.54, 1.807) is 0 Å². The molecule has 1 aromatic rings. The molecule has 0 radical (unpaired) electrons. The topological polar surface area (TPSA) is 42.2 Å². The number of hydrogen-bond acceptors (Lipinski definition) is 2. The van der Waals surface area contributed by atoms with Gasteiger partial charge in [-0.1, -0.05) is 43.7 Å². The summed E-state index contributed by atoms with van der Waals surface area (Å²) in [4.78, 5) is 0. The van der Waals surface area contributed by atoms with Crippen LogP contribution in [-0.2, 0) is 5.54 Å². The van der Waals surface area contributed by atoms with Gasteiger partial charge in [0.15, 0.2) is 0 Å². The first-order chi connectivity index (χ1) is 7.12. The maximum atomic E-state index is 10.5. The highest BCUT2D eigenvalue weighted by Gasteiger charge is 2.56. The summed E-state index contributed by atoms with van der Waals surface area (Å²) in [7, 11) is 0. The van der Waals surface area contributed by atoms with Gasteiger partial charge in [0.25, 0.3) is 0 Å². The van der Waals surface area contributed by atoms with Crippen LogP contribution < -0.4 is 5.32 Å². The van der Waals surface area contributed by atoms with Crippen molar-refractivity contribution >= 4 is 0 Å². The van der Waals surface area contributed by atoms with Crippen molar-refractivity contribution in [3.8, 4) is 0 Å². The fraction of sp³-hybridized carbons (Fsp3) is 0.538. The summed E-state index contributed by atoms with van der Waals surface area (Å²) in [6.45, 7) is 4.92. The van der Waals surface area contributed by atoms with E-state index in [1.807, 2.05) is 25.1 Å². The van der Waals surface area contributed by atoms with E-state index in [-0.39, 0.29) is 5.54 Å². The van der Waals surface area contributed by atoms with Crippen molar-refractivity contribution in [1.82, 2.24) is 5.32 Å². The molecule has 0 aliphatic carbocycles. The van der Waals surface area contributed by atoms with Crippen molar-refractivity contribution in [3.05, 3.63) is 35.9 Å². The maximum Gasteiger partial charge on any atom is 0.0854 e. The van der Waals surface area contributed by atoms with Crippen LogP contribution in [0.4, 0.5) is 0 Å². The van der Waals surface area contributed by atoms with E-state index < -0.39 is 5.60 Å². The smallest absolute Gasteiger partial charge is 0.0854 e. The van der Waals surface area contributed by atoms with Crippen LogP contribution in [0, 0.1) is 0 Å². The molecule has 82 valence electrons. The van der Waals surface area contributed by atoms with Gasteiger partial charge >= 0.3 is 0 Å². The van der Waals surface area contributed by atoms with Gasteiger partial charge in [-0.05, 0) is 18.9 Å². The molecule has 1 heterocycles. The fourth-order valence-electron chi connectivity index (χ4n) is 2.41. The van der Waals surface area contributed by atoms with E-state index in [4.69, 9.17) is 0 Å². The van der Waals surface area contributed by atoms with E-state index in [0.29, 0.717) is 0 Å². The van der Waals surface area contributed by atoms with Crippen LogP contribution in [0.15, 0.2) is 30.3 Å². The third-order valence-electron chi connectivity index (χ3n) is 3.45. The van der Waals surface area contributed by atoms with E-state index in [9.17, 15) is 5.11 Å². The zero-order valence-electron chi connectivity index (χ0n) is 9.46. The molecule has 2 rings (SSSR count). The molecule has 1 unspecified atom stereocenters. The summed E-state index contributed by atoms with van der Waals surface area (Å²) in [6, 6.07) is 10.2. The van der Waals surface area contributed by atoms with E-state index >= 15 is 0 Å². The molecule has 0 aromatic heterocycles. The van der Waals surface area contributed by atoms with Gasteiger partial charge in [-0.15, -0.1) is 0 Å². The zero-order chi connectivity index (χ0) is 10.9.